The van der Waals surface area contributed by atoms with E-state index in [9.17, 15) is 4.79 Å². The zero-order valence-electron chi connectivity index (χ0n) is 8.12. The zero-order valence-corrected chi connectivity index (χ0v) is 9.01. The number of carbonyl (C=O) groups excluding carboxylic acids is 1. The third-order valence-electron chi connectivity index (χ3n) is 1.73. The van der Waals surface area contributed by atoms with E-state index in [1.54, 1.807) is 6.20 Å². The van der Waals surface area contributed by atoms with Gasteiger partial charge in [-0.15, -0.1) is 0 Å². The molecule has 5 heteroatoms. The highest BCUT2D eigenvalue weighted by Crippen LogP contribution is 2.03. The van der Waals surface area contributed by atoms with Crippen molar-refractivity contribution in [3.8, 4) is 0 Å². The van der Waals surface area contributed by atoms with E-state index >= 15 is 0 Å². The molecule has 78 valence electrons. The standard InChI is InChI=1S/C9H14N2O2S/c1-2-7-5-11-9(13-7)6-10-8(12)3-4-14/h5,14H,2-4,6H2,1H3,(H,10,12). The van der Waals surface area contributed by atoms with Crippen molar-refractivity contribution in [1.82, 2.24) is 10.3 Å². The maximum absolute atomic E-state index is 11.1. The molecule has 0 bridgehead atoms. The lowest BCUT2D eigenvalue weighted by Crippen LogP contribution is -2.22. The van der Waals surface area contributed by atoms with Crippen LogP contribution in [0.5, 0.6) is 0 Å². The molecule has 0 saturated carbocycles. The molecular formula is C9H14N2O2S. The van der Waals surface area contributed by atoms with Gasteiger partial charge < -0.3 is 9.73 Å². The van der Waals surface area contributed by atoms with Crippen LogP contribution in [-0.4, -0.2) is 16.6 Å². The number of oxazole rings is 1. The number of carbonyl (C=O) groups is 1. The third-order valence-corrected chi connectivity index (χ3v) is 1.95. The summed E-state index contributed by atoms with van der Waals surface area (Å²) in [6, 6.07) is 0. The van der Waals surface area contributed by atoms with Gasteiger partial charge in [-0.1, -0.05) is 6.92 Å². The molecule has 1 amide bonds. The Labute approximate surface area is 88.5 Å². The Morgan fingerprint density at radius 1 is 1.71 bits per heavy atom. The predicted octanol–water partition coefficient (Wildman–Crippen LogP) is 1.17. The first-order chi connectivity index (χ1) is 6.76. The molecule has 0 aliphatic rings. The predicted molar refractivity (Wildman–Crippen MR) is 56.2 cm³/mol. The Hall–Kier alpha value is -0.970. The van der Waals surface area contributed by atoms with Crippen LogP contribution in [0.1, 0.15) is 25.0 Å². The lowest BCUT2D eigenvalue weighted by atomic mass is 10.4. The average molecular weight is 214 g/mol. The second kappa shape index (κ2) is 5.70. The molecule has 1 heterocycles. The van der Waals surface area contributed by atoms with Gasteiger partial charge in [0.1, 0.15) is 5.76 Å². The Bertz CT molecular complexity index is 299. The van der Waals surface area contributed by atoms with Crippen LogP contribution in [-0.2, 0) is 17.8 Å². The van der Waals surface area contributed by atoms with Crippen LogP contribution in [0.2, 0.25) is 0 Å². The van der Waals surface area contributed by atoms with Gasteiger partial charge in [0, 0.05) is 12.8 Å². The largest absolute Gasteiger partial charge is 0.444 e. The van der Waals surface area contributed by atoms with E-state index in [4.69, 9.17) is 4.42 Å². The molecule has 4 nitrogen and oxygen atoms in total. The maximum atomic E-state index is 11.1. The molecule has 0 fully saturated rings. The molecule has 0 saturated heterocycles. The molecule has 1 N–H and O–H groups in total. The first-order valence-electron chi connectivity index (χ1n) is 4.57. The van der Waals surface area contributed by atoms with Crippen molar-refractivity contribution in [3.63, 3.8) is 0 Å². The monoisotopic (exact) mass is 214 g/mol. The van der Waals surface area contributed by atoms with E-state index in [2.05, 4.69) is 22.9 Å². The summed E-state index contributed by atoms with van der Waals surface area (Å²) in [5.74, 6) is 1.91. The molecule has 0 spiro atoms. The molecule has 1 aromatic heterocycles. The minimum absolute atomic E-state index is 0.0313. The Balaban J connectivity index is 2.34. The lowest BCUT2D eigenvalue weighted by molar-refractivity contribution is -0.120. The Morgan fingerprint density at radius 3 is 3.07 bits per heavy atom. The molecule has 0 aliphatic heterocycles. The molecule has 0 unspecified atom stereocenters. The van der Waals surface area contributed by atoms with Gasteiger partial charge >= 0.3 is 0 Å². The second-order valence-electron chi connectivity index (χ2n) is 2.82. The summed E-state index contributed by atoms with van der Waals surface area (Å²) in [7, 11) is 0. The molecule has 0 aliphatic carbocycles. The van der Waals surface area contributed by atoms with Crippen molar-refractivity contribution < 1.29 is 9.21 Å². The summed E-state index contributed by atoms with van der Waals surface area (Å²) < 4.78 is 5.32. The van der Waals surface area contributed by atoms with Gasteiger partial charge in [0.2, 0.25) is 11.8 Å². The van der Waals surface area contributed by atoms with Gasteiger partial charge in [-0.2, -0.15) is 12.6 Å². The lowest BCUT2D eigenvalue weighted by Gasteiger charge is -1.99. The summed E-state index contributed by atoms with van der Waals surface area (Å²) in [6.07, 6.45) is 2.92. The molecule has 14 heavy (non-hydrogen) atoms. The smallest absolute Gasteiger partial charge is 0.221 e. The number of aryl methyl sites for hydroxylation is 1. The highest BCUT2D eigenvalue weighted by Gasteiger charge is 2.04. The molecule has 0 aromatic carbocycles. The van der Waals surface area contributed by atoms with E-state index in [-0.39, 0.29) is 5.91 Å². The van der Waals surface area contributed by atoms with Crippen molar-refractivity contribution in [1.29, 1.82) is 0 Å². The highest BCUT2D eigenvalue weighted by molar-refractivity contribution is 7.80. The maximum Gasteiger partial charge on any atom is 0.221 e. The fraction of sp³-hybridized carbons (Fsp3) is 0.556. The van der Waals surface area contributed by atoms with Gasteiger partial charge in [-0.25, -0.2) is 4.98 Å². The van der Waals surface area contributed by atoms with Crippen LogP contribution in [0.3, 0.4) is 0 Å². The number of aromatic nitrogens is 1. The number of rotatable bonds is 5. The van der Waals surface area contributed by atoms with Gasteiger partial charge in [0.25, 0.3) is 0 Å². The van der Waals surface area contributed by atoms with Crippen LogP contribution in [0.25, 0.3) is 0 Å². The molecule has 1 rings (SSSR count). The van der Waals surface area contributed by atoms with E-state index in [0.717, 1.165) is 12.2 Å². The van der Waals surface area contributed by atoms with Crippen LogP contribution in [0, 0.1) is 0 Å². The van der Waals surface area contributed by atoms with Crippen LogP contribution in [0.15, 0.2) is 10.6 Å². The van der Waals surface area contributed by atoms with E-state index in [1.807, 2.05) is 6.92 Å². The summed E-state index contributed by atoms with van der Waals surface area (Å²) in [6.45, 7) is 2.34. The summed E-state index contributed by atoms with van der Waals surface area (Å²) in [5.41, 5.74) is 0. The number of nitrogens with one attached hydrogen (secondary N) is 1. The summed E-state index contributed by atoms with van der Waals surface area (Å²) in [4.78, 5) is 15.1. The van der Waals surface area contributed by atoms with Gasteiger partial charge in [-0.05, 0) is 5.75 Å². The second-order valence-corrected chi connectivity index (χ2v) is 3.27. The topological polar surface area (TPSA) is 55.1 Å². The normalized spacial score (nSPS) is 10.1. The van der Waals surface area contributed by atoms with Gasteiger partial charge in [0.15, 0.2) is 0 Å². The number of thiol groups is 1. The highest BCUT2D eigenvalue weighted by atomic mass is 32.1. The number of hydrogen-bond acceptors (Lipinski definition) is 4. The number of nitrogens with zero attached hydrogens (tertiary/aromatic N) is 1. The van der Waals surface area contributed by atoms with Crippen molar-refractivity contribution in [2.75, 3.05) is 5.75 Å². The quantitative estimate of drug-likeness (QED) is 0.723. The first kappa shape index (κ1) is 11.1. The fourth-order valence-electron chi connectivity index (χ4n) is 0.957. The van der Waals surface area contributed by atoms with Gasteiger partial charge in [-0.3, -0.25) is 4.79 Å². The minimum atomic E-state index is -0.0313. The van der Waals surface area contributed by atoms with Crippen LogP contribution in [0.4, 0.5) is 0 Å². The van der Waals surface area contributed by atoms with E-state index < -0.39 is 0 Å². The Kier molecular flexibility index (Phi) is 4.52. The number of amides is 1. The summed E-state index contributed by atoms with van der Waals surface area (Å²) >= 11 is 3.96. The minimum Gasteiger partial charge on any atom is -0.444 e. The van der Waals surface area contributed by atoms with E-state index in [0.29, 0.717) is 24.6 Å². The third kappa shape index (κ3) is 3.41. The average Bonchev–Trinajstić information content (AvgIpc) is 2.63. The zero-order chi connectivity index (χ0) is 10.4. The summed E-state index contributed by atoms with van der Waals surface area (Å²) in [5, 5.41) is 2.69. The van der Waals surface area contributed by atoms with Gasteiger partial charge in [0.05, 0.1) is 12.7 Å². The van der Waals surface area contributed by atoms with Crippen LogP contribution < -0.4 is 5.32 Å². The SMILES string of the molecule is CCc1cnc(CNC(=O)CCS)o1. The van der Waals surface area contributed by atoms with Crippen LogP contribution >= 0.6 is 12.6 Å². The van der Waals surface area contributed by atoms with Crippen molar-refractivity contribution >= 4 is 18.5 Å². The van der Waals surface area contributed by atoms with Crippen molar-refractivity contribution in [2.45, 2.75) is 26.3 Å². The van der Waals surface area contributed by atoms with Crippen molar-refractivity contribution in [2.24, 2.45) is 0 Å². The molecular weight excluding hydrogens is 200 g/mol. The molecule has 0 atom stereocenters. The fourth-order valence-corrected chi connectivity index (χ4v) is 1.16. The Morgan fingerprint density at radius 2 is 2.50 bits per heavy atom. The van der Waals surface area contributed by atoms with E-state index in [1.165, 1.54) is 0 Å². The molecule has 1 aromatic rings. The molecule has 0 radical (unpaired) electrons. The first-order valence-corrected chi connectivity index (χ1v) is 5.20. The van der Waals surface area contributed by atoms with Crippen molar-refractivity contribution in [3.05, 3.63) is 17.8 Å². The number of hydrogen-bond donors (Lipinski definition) is 2.